The molecule has 0 aliphatic carbocycles. The summed E-state index contributed by atoms with van der Waals surface area (Å²) >= 11 is 0. The van der Waals surface area contributed by atoms with Gasteiger partial charge in [-0.3, -0.25) is 0 Å². The van der Waals surface area contributed by atoms with Crippen LogP contribution in [-0.4, -0.2) is 31.8 Å². The second-order valence-electron chi connectivity index (χ2n) is 6.05. The zero-order chi connectivity index (χ0) is 15.0. The molecule has 0 bridgehead atoms. The van der Waals surface area contributed by atoms with Gasteiger partial charge in [0.15, 0.2) is 0 Å². The number of likely N-dealkylation sites (N-methyl/N-ethyl adjacent to an activating group) is 1. The Labute approximate surface area is 124 Å². The van der Waals surface area contributed by atoms with E-state index in [4.69, 9.17) is 4.74 Å². The Bertz CT molecular complexity index is 368. The predicted octanol–water partition coefficient (Wildman–Crippen LogP) is 3.44. The molecule has 0 radical (unpaired) electrons. The number of rotatable bonds is 8. The summed E-state index contributed by atoms with van der Waals surface area (Å²) in [4.78, 5) is 2.34. The van der Waals surface area contributed by atoms with Gasteiger partial charge in [-0.1, -0.05) is 12.1 Å². The minimum atomic E-state index is 0.158. The maximum atomic E-state index is 5.44. The molecule has 1 N–H and O–H groups in total. The summed E-state index contributed by atoms with van der Waals surface area (Å²) < 4.78 is 5.44. The van der Waals surface area contributed by atoms with Crippen molar-refractivity contribution < 1.29 is 4.74 Å². The first kappa shape index (κ1) is 17.0. The van der Waals surface area contributed by atoms with Gasteiger partial charge in [0.1, 0.15) is 0 Å². The number of hydrogen-bond acceptors (Lipinski definition) is 3. The van der Waals surface area contributed by atoms with Crippen molar-refractivity contribution in [2.45, 2.75) is 46.7 Å². The van der Waals surface area contributed by atoms with Crippen molar-refractivity contribution in [1.29, 1.82) is 0 Å². The lowest BCUT2D eigenvalue weighted by molar-refractivity contribution is 0.154. The lowest BCUT2D eigenvalue weighted by atomic mass is 10.1. The molecule has 114 valence electrons. The fraction of sp³-hybridized carbons (Fsp3) is 0.647. The first-order chi connectivity index (χ1) is 9.46. The zero-order valence-corrected chi connectivity index (χ0v) is 13.7. The monoisotopic (exact) mass is 278 g/mol. The average molecular weight is 278 g/mol. The Morgan fingerprint density at radius 3 is 2.25 bits per heavy atom. The Balaban J connectivity index is 2.55. The molecular weight excluding hydrogens is 248 g/mol. The second-order valence-corrected chi connectivity index (χ2v) is 6.05. The van der Waals surface area contributed by atoms with Crippen molar-refractivity contribution in [3.63, 3.8) is 0 Å². The largest absolute Gasteiger partial charge is 0.380 e. The van der Waals surface area contributed by atoms with Crippen molar-refractivity contribution >= 4 is 5.69 Å². The molecule has 0 saturated carbocycles. The summed E-state index contributed by atoms with van der Waals surface area (Å²) in [5.41, 5.74) is 2.75. The molecule has 3 nitrogen and oxygen atoms in total. The van der Waals surface area contributed by atoms with Crippen molar-refractivity contribution in [2.75, 3.05) is 31.2 Å². The molecule has 0 heterocycles. The smallest absolute Gasteiger partial charge is 0.0641 e. The molecule has 0 aromatic heterocycles. The molecule has 20 heavy (non-hydrogen) atoms. The highest BCUT2D eigenvalue weighted by Gasteiger charge is 2.09. The van der Waals surface area contributed by atoms with E-state index in [2.05, 4.69) is 62.2 Å². The van der Waals surface area contributed by atoms with E-state index in [0.717, 1.165) is 32.8 Å². The number of ether oxygens (including phenoxy) is 1. The average Bonchev–Trinajstić information content (AvgIpc) is 2.41. The lowest BCUT2D eigenvalue weighted by Crippen LogP contribution is -2.35. The van der Waals surface area contributed by atoms with Crippen molar-refractivity contribution in [2.24, 2.45) is 0 Å². The third-order valence-corrected chi connectivity index (χ3v) is 3.22. The van der Waals surface area contributed by atoms with Gasteiger partial charge in [-0.15, -0.1) is 0 Å². The number of anilines is 1. The van der Waals surface area contributed by atoms with Crippen LogP contribution < -0.4 is 10.2 Å². The summed E-state index contributed by atoms with van der Waals surface area (Å²) in [6.45, 7) is 15.2. The van der Waals surface area contributed by atoms with Crippen LogP contribution in [0, 0.1) is 0 Å². The Morgan fingerprint density at radius 2 is 1.75 bits per heavy atom. The quantitative estimate of drug-likeness (QED) is 0.737. The summed E-state index contributed by atoms with van der Waals surface area (Å²) in [5.74, 6) is 0. The molecule has 1 rings (SSSR count). The van der Waals surface area contributed by atoms with Gasteiger partial charge < -0.3 is 15.0 Å². The van der Waals surface area contributed by atoms with Crippen molar-refractivity contribution in [3.8, 4) is 0 Å². The van der Waals surface area contributed by atoms with Crippen LogP contribution >= 0.6 is 0 Å². The minimum absolute atomic E-state index is 0.158. The summed E-state index contributed by atoms with van der Waals surface area (Å²) in [7, 11) is 0. The second kappa shape index (κ2) is 8.28. The number of nitrogens with zero attached hydrogens (tertiary/aromatic N) is 1. The van der Waals surface area contributed by atoms with Gasteiger partial charge >= 0.3 is 0 Å². The maximum Gasteiger partial charge on any atom is 0.0641 e. The van der Waals surface area contributed by atoms with Crippen LogP contribution in [0.3, 0.4) is 0 Å². The fourth-order valence-electron chi connectivity index (χ4n) is 1.98. The standard InChI is InChI=1S/C17H30N2O/c1-6-19(12-13-20-7-2)16-10-8-15(9-11-16)14-18-17(3,4)5/h8-11,18H,6-7,12-14H2,1-5H3. The molecule has 0 amide bonds. The maximum absolute atomic E-state index is 5.44. The van der Waals surface area contributed by atoms with Crippen LogP contribution in [0.4, 0.5) is 5.69 Å². The van der Waals surface area contributed by atoms with Gasteiger partial charge in [0, 0.05) is 37.5 Å². The van der Waals surface area contributed by atoms with E-state index in [-0.39, 0.29) is 5.54 Å². The molecule has 0 spiro atoms. The molecule has 1 aromatic carbocycles. The van der Waals surface area contributed by atoms with Crippen LogP contribution in [0.15, 0.2) is 24.3 Å². The van der Waals surface area contributed by atoms with Crippen LogP contribution in [-0.2, 0) is 11.3 Å². The van der Waals surface area contributed by atoms with Gasteiger partial charge in [0.05, 0.1) is 6.61 Å². The predicted molar refractivity (Wildman–Crippen MR) is 87.4 cm³/mol. The minimum Gasteiger partial charge on any atom is -0.380 e. The normalized spacial score (nSPS) is 11.7. The van der Waals surface area contributed by atoms with E-state index >= 15 is 0 Å². The van der Waals surface area contributed by atoms with Gasteiger partial charge in [-0.05, 0) is 52.3 Å². The number of nitrogens with one attached hydrogen (secondary N) is 1. The molecule has 1 aromatic rings. The highest BCUT2D eigenvalue weighted by Crippen LogP contribution is 2.15. The molecule has 0 unspecified atom stereocenters. The van der Waals surface area contributed by atoms with Crippen molar-refractivity contribution in [1.82, 2.24) is 5.32 Å². The highest BCUT2D eigenvalue weighted by atomic mass is 16.5. The third kappa shape index (κ3) is 6.40. The Hall–Kier alpha value is -1.06. The van der Waals surface area contributed by atoms with E-state index in [0.29, 0.717) is 0 Å². The summed E-state index contributed by atoms with van der Waals surface area (Å²) in [5, 5.41) is 3.51. The van der Waals surface area contributed by atoms with Gasteiger partial charge in [-0.25, -0.2) is 0 Å². The van der Waals surface area contributed by atoms with E-state index in [1.165, 1.54) is 11.3 Å². The van der Waals surface area contributed by atoms with E-state index in [9.17, 15) is 0 Å². The van der Waals surface area contributed by atoms with Gasteiger partial charge in [0.25, 0.3) is 0 Å². The van der Waals surface area contributed by atoms with Gasteiger partial charge in [-0.2, -0.15) is 0 Å². The van der Waals surface area contributed by atoms with Crippen LogP contribution in [0.1, 0.15) is 40.2 Å². The first-order valence-corrected chi connectivity index (χ1v) is 7.63. The van der Waals surface area contributed by atoms with E-state index < -0.39 is 0 Å². The molecule has 0 atom stereocenters. The Morgan fingerprint density at radius 1 is 1.10 bits per heavy atom. The molecule has 0 saturated heterocycles. The number of hydrogen-bond donors (Lipinski definition) is 1. The van der Waals surface area contributed by atoms with Crippen LogP contribution in [0.25, 0.3) is 0 Å². The lowest BCUT2D eigenvalue weighted by Gasteiger charge is -2.24. The SMILES string of the molecule is CCOCCN(CC)c1ccc(CNC(C)(C)C)cc1. The van der Waals surface area contributed by atoms with Crippen LogP contribution in [0.2, 0.25) is 0 Å². The summed E-state index contributed by atoms with van der Waals surface area (Å²) in [6, 6.07) is 8.82. The molecule has 0 fully saturated rings. The molecule has 3 heteroatoms. The fourth-order valence-corrected chi connectivity index (χ4v) is 1.98. The molecule has 0 aliphatic heterocycles. The molecule has 0 aliphatic rings. The highest BCUT2D eigenvalue weighted by molar-refractivity contribution is 5.47. The topological polar surface area (TPSA) is 24.5 Å². The summed E-state index contributed by atoms with van der Waals surface area (Å²) in [6.07, 6.45) is 0. The molecular formula is C17H30N2O. The Kier molecular flexibility index (Phi) is 7.03. The number of benzene rings is 1. The first-order valence-electron chi connectivity index (χ1n) is 7.63. The third-order valence-electron chi connectivity index (χ3n) is 3.22. The van der Waals surface area contributed by atoms with E-state index in [1.54, 1.807) is 0 Å². The zero-order valence-electron chi connectivity index (χ0n) is 13.7. The van der Waals surface area contributed by atoms with Crippen LogP contribution in [0.5, 0.6) is 0 Å². The van der Waals surface area contributed by atoms with Gasteiger partial charge in [0.2, 0.25) is 0 Å². The van der Waals surface area contributed by atoms with Crippen molar-refractivity contribution in [3.05, 3.63) is 29.8 Å². The van der Waals surface area contributed by atoms with E-state index in [1.807, 2.05) is 6.92 Å².